The molecule has 1 fully saturated rings. The van der Waals surface area contributed by atoms with E-state index in [2.05, 4.69) is 32.9 Å². The number of fused-ring (bicyclic) bond motifs is 1. The smallest absolute Gasteiger partial charge is 0.328 e. The van der Waals surface area contributed by atoms with Crippen LogP contribution in [0.2, 0.25) is 0 Å². The van der Waals surface area contributed by atoms with Crippen LogP contribution in [-0.2, 0) is 4.79 Å². The summed E-state index contributed by atoms with van der Waals surface area (Å²) in [6.07, 6.45) is 12.2. The van der Waals surface area contributed by atoms with Crippen molar-refractivity contribution in [3.05, 3.63) is 47.6 Å². The molecule has 4 heteroatoms. The first-order chi connectivity index (χ1) is 11.8. The molecule has 0 aromatic carbocycles. The highest BCUT2D eigenvalue weighted by atomic mass is 16.4. The number of aliphatic carboxylic acids is 1. The molecule has 6 atom stereocenters. The van der Waals surface area contributed by atoms with Gasteiger partial charge in [0.05, 0.1) is 12.7 Å². The lowest BCUT2D eigenvalue weighted by Crippen LogP contribution is -2.42. The van der Waals surface area contributed by atoms with Crippen LogP contribution in [-0.4, -0.2) is 34.0 Å². The van der Waals surface area contributed by atoms with Crippen molar-refractivity contribution in [2.75, 3.05) is 6.61 Å². The van der Waals surface area contributed by atoms with E-state index >= 15 is 0 Å². The Morgan fingerprint density at radius 1 is 1.32 bits per heavy atom. The van der Waals surface area contributed by atoms with Gasteiger partial charge in [0.15, 0.2) is 0 Å². The monoisotopic (exact) mass is 346 g/mol. The van der Waals surface area contributed by atoms with Crippen LogP contribution in [0.3, 0.4) is 0 Å². The standard InChI is InChI=1S/C21H30O4/c1-13(8-9-22)20-14(2)10-16-12-17(23)11-15(3)21(16)18(20)6-4-5-7-19(24)25/h4-8,10,15-18,20-23H,9,11-12H2,1-3H3,(H,24,25)/b6-4+,7-5+,13-8?/t15-,16+,17-,18+,20+,21+/m0/s1. The summed E-state index contributed by atoms with van der Waals surface area (Å²) in [6.45, 7) is 6.39. The zero-order chi connectivity index (χ0) is 18.6. The SMILES string of the molecule is CC(=CCO)[C@@H]1C(C)=C[C@@H]2C[C@@H](O)C[C@H](C)[C@H]2[C@@H]1/C=C/C=C/C(=O)O. The average molecular weight is 346 g/mol. The summed E-state index contributed by atoms with van der Waals surface area (Å²) >= 11 is 0. The number of hydrogen-bond donors (Lipinski definition) is 3. The van der Waals surface area contributed by atoms with E-state index in [4.69, 9.17) is 5.11 Å². The number of aliphatic hydroxyl groups is 2. The Bertz CT molecular complexity index is 599. The third-order valence-corrected chi connectivity index (χ3v) is 5.72. The average Bonchev–Trinajstić information content (AvgIpc) is 2.50. The van der Waals surface area contributed by atoms with Crippen LogP contribution in [0.4, 0.5) is 0 Å². The van der Waals surface area contributed by atoms with Gasteiger partial charge in [-0.3, -0.25) is 0 Å². The summed E-state index contributed by atoms with van der Waals surface area (Å²) in [4.78, 5) is 10.7. The van der Waals surface area contributed by atoms with Gasteiger partial charge in [0.1, 0.15) is 0 Å². The second kappa shape index (κ2) is 8.63. The van der Waals surface area contributed by atoms with Gasteiger partial charge in [-0.2, -0.15) is 0 Å². The third kappa shape index (κ3) is 4.71. The fourth-order valence-corrected chi connectivity index (χ4v) is 4.89. The molecule has 0 heterocycles. The summed E-state index contributed by atoms with van der Waals surface area (Å²) in [5, 5.41) is 28.2. The maximum Gasteiger partial charge on any atom is 0.328 e. The number of hydrogen-bond acceptors (Lipinski definition) is 3. The Morgan fingerprint density at radius 3 is 2.68 bits per heavy atom. The van der Waals surface area contributed by atoms with Crippen LogP contribution in [0.1, 0.15) is 33.6 Å². The lowest BCUT2D eigenvalue weighted by atomic mass is 9.57. The zero-order valence-corrected chi connectivity index (χ0v) is 15.3. The first-order valence-electron chi connectivity index (χ1n) is 9.06. The molecule has 2 aliphatic rings. The number of carboxylic acids is 1. The number of rotatable bonds is 5. The normalized spacial score (nSPS) is 36.5. The highest BCUT2D eigenvalue weighted by Crippen LogP contribution is 2.50. The van der Waals surface area contributed by atoms with Gasteiger partial charge in [0, 0.05) is 12.0 Å². The fourth-order valence-electron chi connectivity index (χ4n) is 4.89. The molecule has 1 saturated carbocycles. The first-order valence-corrected chi connectivity index (χ1v) is 9.06. The van der Waals surface area contributed by atoms with Gasteiger partial charge in [-0.05, 0) is 50.4 Å². The fraction of sp³-hybridized carbons (Fsp3) is 0.571. The quantitative estimate of drug-likeness (QED) is 0.405. The lowest BCUT2D eigenvalue weighted by molar-refractivity contribution is -0.131. The summed E-state index contributed by atoms with van der Waals surface area (Å²) in [6, 6.07) is 0. The zero-order valence-electron chi connectivity index (χ0n) is 15.3. The maximum absolute atomic E-state index is 10.7. The van der Waals surface area contributed by atoms with Crippen LogP contribution in [0.5, 0.6) is 0 Å². The molecular formula is C21H30O4. The van der Waals surface area contributed by atoms with Crippen molar-refractivity contribution >= 4 is 5.97 Å². The van der Waals surface area contributed by atoms with Crippen molar-refractivity contribution in [1.29, 1.82) is 0 Å². The molecule has 4 nitrogen and oxygen atoms in total. The molecule has 2 rings (SSSR count). The highest BCUT2D eigenvalue weighted by molar-refractivity contribution is 5.80. The molecule has 0 aromatic rings. The Balaban J connectivity index is 2.40. The van der Waals surface area contributed by atoms with Crippen molar-refractivity contribution < 1.29 is 20.1 Å². The van der Waals surface area contributed by atoms with Crippen LogP contribution in [0.15, 0.2) is 47.6 Å². The summed E-state index contributed by atoms with van der Waals surface area (Å²) < 4.78 is 0. The molecule has 0 bridgehead atoms. The third-order valence-electron chi connectivity index (χ3n) is 5.72. The molecule has 138 valence electrons. The largest absolute Gasteiger partial charge is 0.478 e. The van der Waals surface area contributed by atoms with Gasteiger partial charge < -0.3 is 15.3 Å². The maximum atomic E-state index is 10.7. The Kier molecular flexibility index (Phi) is 6.79. The van der Waals surface area contributed by atoms with Gasteiger partial charge in [0.25, 0.3) is 0 Å². The van der Waals surface area contributed by atoms with Crippen molar-refractivity contribution in [1.82, 2.24) is 0 Å². The molecule has 0 saturated heterocycles. The van der Waals surface area contributed by atoms with Gasteiger partial charge in [-0.25, -0.2) is 4.79 Å². The van der Waals surface area contributed by atoms with Gasteiger partial charge >= 0.3 is 5.97 Å². The van der Waals surface area contributed by atoms with Crippen LogP contribution < -0.4 is 0 Å². The van der Waals surface area contributed by atoms with E-state index in [1.807, 2.05) is 12.2 Å². The van der Waals surface area contributed by atoms with Crippen molar-refractivity contribution in [2.45, 2.75) is 39.7 Å². The van der Waals surface area contributed by atoms with Crippen LogP contribution in [0, 0.1) is 29.6 Å². The van der Waals surface area contributed by atoms with Gasteiger partial charge in [0.2, 0.25) is 0 Å². The van der Waals surface area contributed by atoms with Gasteiger partial charge in [-0.1, -0.05) is 48.5 Å². The summed E-state index contributed by atoms with van der Waals surface area (Å²) in [5.41, 5.74) is 2.41. The second-order valence-electron chi connectivity index (χ2n) is 7.52. The van der Waals surface area contributed by atoms with E-state index in [9.17, 15) is 15.0 Å². The first kappa shape index (κ1) is 19.7. The van der Waals surface area contributed by atoms with E-state index in [1.165, 1.54) is 5.57 Å². The molecule has 0 aliphatic heterocycles. The molecule has 3 N–H and O–H groups in total. The molecule has 0 radical (unpaired) electrons. The van der Waals surface area contributed by atoms with Crippen LogP contribution >= 0.6 is 0 Å². The topological polar surface area (TPSA) is 77.8 Å². The minimum absolute atomic E-state index is 0.0212. The van der Waals surface area contributed by atoms with Crippen molar-refractivity contribution in [3.8, 4) is 0 Å². The number of carbonyl (C=O) groups is 1. The molecule has 2 aliphatic carbocycles. The van der Waals surface area contributed by atoms with Crippen molar-refractivity contribution in [3.63, 3.8) is 0 Å². The van der Waals surface area contributed by atoms with Gasteiger partial charge in [-0.15, -0.1) is 0 Å². The molecule has 0 spiro atoms. The van der Waals surface area contributed by atoms with E-state index < -0.39 is 5.97 Å². The Morgan fingerprint density at radius 2 is 2.04 bits per heavy atom. The second-order valence-corrected chi connectivity index (χ2v) is 7.52. The number of allylic oxidation sites excluding steroid dienone is 6. The minimum atomic E-state index is -0.954. The highest BCUT2D eigenvalue weighted by Gasteiger charge is 2.44. The van der Waals surface area contributed by atoms with E-state index in [0.717, 1.165) is 24.5 Å². The number of aliphatic hydroxyl groups excluding tert-OH is 2. The predicted molar refractivity (Wildman–Crippen MR) is 98.9 cm³/mol. The molecule has 25 heavy (non-hydrogen) atoms. The molecule has 0 amide bonds. The summed E-state index contributed by atoms with van der Waals surface area (Å²) in [7, 11) is 0. The lowest BCUT2D eigenvalue weighted by Gasteiger charge is -2.48. The van der Waals surface area contributed by atoms with Crippen LogP contribution in [0.25, 0.3) is 0 Å². The van der Waals surface area contributed by atoms with E-state index in [0.29, 0.717) is 17.8 Å². The number of carboxylic acid groups (broad SMARTS) is 1. The molecule has 0 aromatic heterocycles. The summed E-state index contributed by atoms with van der Waals surface area (Å²) in [5.74, 6) is 0.632. The predicted octanol–water partition coefficient (Wildman–Crippen LogP) is 3.34. The van der Waals surface area contributed by atoms with Crippen molar-refractivity contribution in [2.24, 2.45) is 29.6 Å². The van der Waals surface area contributed by atoms with E-state index in [1.54, 1.807) is 6.08 Å². The van der Waals surface area contributed by atoms with E-state index in [-0.39, 0.29) is 24.5 Å². The Hall–Kier alpha value is -1.65. The Labute approximate surface area is 150 Å². The molecular weight excluding hydrogens is 316 g/mol. The minimum Gasteiger partial charge on any atom is -0.478 e. The molecule has 0 unspecified atom stereocenters.